The minimum absolute atomic E-state index is 0.244. The van der Waals surface area contributed by atoms with E-state index in [0.29, 0.717) is 30.2 Å². The van der Waals surface area contributed by atoms with E-state index in [1.165, 1.54) is 11.6 Å². The van der Waals surface area contributed by atoms with Crippen molar-refractivity contribution in [2.24, 2.45) is 0 Å². The van der Waals surface area contributed by atoms with E-state index in [1.54, 1.807) is 24.3 Å². The number of nitrogens with one attached hydrogen (secondary N) is 2. The molecule has 2 aromatic rings. The summed E-state index contributed by atoms with van der Waals surface area (Å²) in [6.45, 7) is 0.808. The van der Waals surface area contributed by atoms with Crippen LogP contribution in [0, 0.1) is 0 Å². The first-order valence-corrected chi connectivity index (χ1v) is 10.2. The zero-order valence-corrected chi connectivity index (χ0v) is 15.1. The van der Waals surface area contributed by atoms with Gasteiger partial charge in [0.25, 0.3) is 15.9 Å². The number of aryl methyl sites for hydroxylation is 2. The summed E-state index contributed by atoms with van der Waals surface area (Å²) >= 11 is 0. The average molecular weight is 372 g/mol. The van der Waals surface area contributed by atoms with Crippen molar-refractivity contribution in [2.75, 3.05) is 17.9 Å². The van der Waals surface area contributed by atoms with Crippen LogP contribution < -0.4 is 14.8 Å². The summed E-state index contributed by atoms with van der Waals surface area (Å²) in [7, 11) is -3.72. The van der Waals surface area contributed by atoms with Crippen LogP contribution in [0.4, 0.5) is 5.69 Å². The van der Waals surface area contributed by atoms with Crippen molar-refractivity contribution >= 4 is 21.6 Å². The van der Waals surface area contributed by atoms with Crippen molar-refractivity contribution in [1.82, 2.24) is 5.32 Å². The molecular formula is C19H20N2O4S. The number of rotatable bonds is 3. The van der Waals surface area contributed by atoms with Crippen molar-refractivity contribution in [3.8, 4) is 5.75 Å². The number of amides is 1. The zero-order chi connectivity index (χ0) is 18.1. The highest BCUT2D eigenvalue weighted by atomic mass is 32.2. The topological polar surface area (TPSA) is 84.5 Å². The van der Waals surface area contributed by atoms with Gasteiger partial charge < -0.3 is 10.1 Å². The van der Waals surface area contributed by atoms with Gasteiger partial charge in [0, 0.05) is 5.69 Å². The van der Waals surface area contributed by atoms with Gasteiger partial charge in [0.1, 0.15) is 12.4 Å². The molecule has 1 heterocycles. The van der Waals surface area contributed by atoms with Crippen LogP contribution in [0.15, 0.2) is 41.3 Å². The highest BCUT2D eigenvalue weighted by molar-refractivity contribution is 7.92. The van der Waals surface area contributed by atoms with Crippen molar-refractivity contribution in [1.29, 1.82) is 0 Å². The van der Waals surface area contributed by atoms with Crippen LogP contribution in [0.5, 0.6) is 5.75 Å². The molecule has 6 nitrogen and oxygen atoms in total. The molecule has 0 saturated heterocycles. The van der Waals surface area contributed by atoms with Gasteiger partial charge in [-0.1, -0.05) is 6.07 Å². The molecule has 136 valence electrons. The molecule has 0 unspecified atom stereocenters. The largest absolute Gasteiger partial charge is 0.491 e. The lowest BCUT2D eigenvalue weighted by Crippen LogP contribution is -2.24. The minimum atomic E-state index is -3.72. The summed E-state index contributed by atoms with van der Waals surface area (Å²) in [5.41, 5.74) is 3.00. The Morgan fingerprint density at radius 1 is 1.00 bits per heavy atom. The Morgan fingerprint density at radius 2 is 1.81 bits per heavy atom. The lowest BCUT2D eigenvalue weighted by atomic mass is 9.92. The standard InChI is InChI=1S/C19H20N2O4S/c22-19-17-12-15(6-8-18(17)25-10-9-20-19)21-26(23,24)16-7-5-13-3-1-2-4-14(13)11-16/h5-8,11-12,21H,1-4,9-10H2,(H,20,22). The van der Waals surface area contributed by atoms with Crippen molar-refractivity contribution < 1.29 is 17.9 Å². The van der Waals surface area contributed by atoms with E-state index in [-0.39, 0.29) is 10.8 Å². The second kappa shape index (κ2) is 6.64. The fraction of sp³-hybridized carbons (Fsp3) is 0.316. The monoisotopic (exact) mass is 372 g/mol. The quantitative estimate of drug-likeness (QED) is 0.867. The van der Waals surface area contributed by atoms with Gasteiger partial charge in [-0.2, -0.15) is 0 Å². The summed E-state index contributed by atoms with van der Waals surface area (Å²) < 4.78 is 33.6. The summed E-state index contributed by atoms with van der Waals surface area (Å²) in [5.74, 6) is 0.184. The summed E-state index contributed by atoms with van der Waals surface area (Å²) in [5, 5.41) is 2.72. The van der Waals surface area contributed by atoms with E-state index in [1.807, 2.05) is 6.07 Å². The first-order valence-electron chi connectivity index (χ1n) is 8.73. The third-order valence-electron chi connectivity index (χ3n) is 4.75. The number of hydrogen-bond acceptors (Lipinski definition) is 4. The van der Waals surface area contributed by atoms with Crippen LogP contribution >= 0.6 is 0 Å². The molecule has 2 aromatic carbocycles. The Balaban J connectivity index is 1.63. The van der Waals surface area contributed by atoms with Crippen LogP contribution in [0.2, 0.25) is 0 Å². The van der Waals surface area contributed by atoms with E-state index in [2.05, 4.69) is 10.0 Å². The molecular weight excluding hydrogens is 352 g/mol. The molecule has 0 radical (unpaired) electrons. The molecule has 0 spiro atoms. The number of anilines is 1. The van der Waals surface area contributed by atoms with Gasteiger partial charge in [0.2, 0.25) is 0 Å². The Labute approximate surface area is 152 Å². The van der Waals surface area contributed by atoms with Crippen LogP contribution in [-0.2, 0) is 22.9 Å². The fourth-order valence-electron chi connectivity index (χ4n) is 3.41. The Bertz CT molecular complexity index is 969. The maximum absolute atomic E-state index is 12.8. The SMILES string of the molecule is O=C1NCCOc2ccc(NS(=O)(=O)c3ccc4c(c3)CCCC4)cc21. The van der Waals surface area contributed by atoms with Gasteiger partial charge in [-0.15, -0.1) is 0 Å². The number of carbonyl (C=O) groups excluding carboxylic acids is 1. The maximum Gasteiger partial charge on any atom is 0.261 e. The Kier molecular flexibility index (Phi) is 4.32. The highest BCUT2D eigenvalue weighted by Gasteiger charge is 2.21. The number of ether oxygens (including phenoxy) is 1. The van der Waals surface area contributed by atoms with Crippen molar-refractivity contribution in [2.45, 2.75) is 30.6 Å². The molecule has 26 heavy (non-hydrogen) atoms. The zero-order valence-electron chi connectivity index (χ0n) is 14.2. The van der Waals surface area contributed by atoms with E-state index in [4.69, 9.17) is 4.74 Å². The molecule has 0 aromatic heterocycles. The fourth-order valence-corrected chi connectivity index (χ4v) is 4.51. The molecule has 1 amide bonds. The van der Waals surface area contributed by atoms with Crippen molar-refractivity contribution in [3.05, 3.63) is 53.1 Å². The van der Waals surface area contributed by atoms with Gasteiger partial charge in [0.05, 0.1) is 17.0 Å². The van der Waals surface area contributed by atoms with E-state index >= 15 is 0 Å². The minimum Gasteiger partial charge on any atom is -0.491 e. The molecule has 0 bridgehead atoms. The van der Waals surface area contributed by atoms with Gasteiger partial charge in [-0.25, -0.2) is 8.42 Å². The van der Waals surface area contributed by atoms with Gasteiger partial charge >= 0.3 is 0 Å². The Hall–Kier alpha value is -2.54. The maximum atomic E-state index is 12.8. The number of carbonyl (C=O) groups is 1. The van der Waals surface area contributed by atoms with E-state index in [9.17, 15) is 13.2 Å². The average Bonchev–Trinajstić information content (AvgIpc) is 2.82. The first-order chi connectivity index (χ1) is 12.5. The summed E-state index contributed by atoms with van der Waals surface area (Å²) in [6, 6.07) is 10.0. The second-order valence-electron chi connectivity index (χ2n) is 6.56. The van der Waals surface area contributed by atoms with Gasteiger partial charge in [0.15, 0.2) is 0 Å². The molecule has 0 saturated carbocycles. The number of sulfonamides is 1. The Morgan fingerprint density at radius 3 is 2.65 bits per heavy atom. The van der Waals surface area contributed by atoms with Crippen LogP contribution in [-0.4, -0.2) is 27.5 Å². The smallest absolute Gasteiger partial charge is 0.261 e. The van der Waals surface area contributed by atoms with Gasteiger partial charge in [-0.3, -0.25) is 9.52 Å². The predicted octanol–water partition coefficient (Wildman–Crippen LogP) is 2.49. The third-order valence-corrected chi connectivity index (χ3v) is 6.13. The van der Waals surface area contributed by atoms with Crippen LogP contribution in [0.1, 0.15) is 34.3 Å². The van der Waals surface area contributed by atoms with Crippen molar-refractivity contribution in [3.63, 3.8) is 0 Å². The molecule has 1 aliphatic heterocycles. The molecule has 2 aliphatic rings. The van der Waals surface area contributed by atoms with E-state index < -0.39 is 10.0 Å². The lowest BCUT2D eigenvalue weighted by molar-refractivity contribution is 0.0957. The third kappa shape index (κ3) is 3.26. The number of fused-ring (bicyclic) bond motifs is 2. The molecule has 7 heteroatoms. The molecule has 2 N–H and O–H groups in total. The first kappa shape index (κ1) is 16.9. The van der Waals surface area contributed by atoms with Crippen LogP contribution in [0.25, 0.3) is 0 Å². The molecule has 0 fully saturated rings. The predicted molar refractivity (Wildman–Crippen MR) is 98.2 cm³/mol. The van der Waals surface area contributed by atoms with Gasteiger partial charge in [-0.05, 0) is 67.1 Å². The summed E-state index contributed by atoms with van der Waals surface area (Å²) in [4.78, 5) is 12.3. The normalized spacial score (nSPS) is 16.5. The number of hydrogen-bond donors (Lipinski definition) is 2. The van der Waals surface area contributed by atoms with E-state index in [0.717, 1.165) is 31.2 Å². The second-order valence-corrected chi connectivity index (χ2v) is 8.24. The lowest BCUT2D eigenvalue weighted by Gasteiger charge is -2.17. The molecule has 0 atom stereocenters. The summed E-state index contributed by atoms with van der Waals surface area (Å²) in [6.07, 6.45) is 4.15. The number of benzene rings is 2. The molecule has 1 aliphatic carbocycles. The molecule has 4 rings (SSSR count). The highest BCUT2D eigenvalue weighted by Crippen LogP contribution is 2.28. The van der Waals surface area contributed by atoms with Crippen LogP contribution in [0.3, 0.4) is 0 Å².